The number of halogens is 2. The van der Waals surface area contributed by atoms with E-state index < -0.39 is 48.0 Å². The number of piperidine rings is 1. The van der Waals surface area contributed by atoms with Gasteiger partial charge in [-0.2, -0.15) is 9.61 Å². The average molecular weight is 550 g/mol. The molecule has 0 saturated carbocycles. The molecule has 1 aliphatic rings. The van der Waals surface area contributed by atoms with Crippen LogP contribution in [0.5, 0.6) is 0 Å². The first-order valence-electron chi connectivity index (χ1n) is 11.9. The van der Waals surface area contributed by atoms with Gasteiger partial charge in [0, 0.05) is 37.2 Å². The van der Waals surface area contributed by atoms with Crippen molar-refractivity contribution >= 4 is 29.4 Å². The summed E-state index contributed by atoms with van der Waals surface area (Å²) in [5.74, 6) is -5.28. The number of hydrogen-bond acceptors (Lipinski definition) is 8. The number of hydrogen-bond donors (Lipinski definition) is 5. The number of carbonyl (C=O) groups is 3. The molecule has 3 aromatic rings. The third-order valence-electron chi connectivity index (χ3n) is 6.13. The summed E-state index contributed by atoms with van der Waals surface area (Å²) in [4.78, 5) is 37.4. The smallest absolute Gasteiger partial charge is 0.336 e. The zero-order chi connectivity index (χ0) is 28.9. The van der Waals surface area contributed by atoms with Gasteiger partial charge in [-0.15, -0.1) is 0 Å². The van der Waals surface area contributed by atoms with Crippen LogP contribution >= 0.6 is 0 Å². The second-order valence-electron chi connectivity index (χ2n) is 9.49. The lowest BCUT2D eigenvalue weighted by atomic mass is 9.94. The molecule has 2 aromatic heterocycles. The van der Waals surface area contributed by atoms with Gasteiger partial charge in [-0.05, 0) is 44.0 Å². The van der Waals surface area contributed by atoms with E-state index in [-0.39, 0.29) is 5.92 Å². The molecular formula is C25H29F2N5O7. The number of aromatic nitrogens is 3. The van der Waals surface area contributed by atoms with Crippen molar-refractivity contribution in [2.45, 2.75) is 50.7 Å². The molecule has 210 valence electrons. The number of aliphatic hydroxyl groups is 1. The third-order valence-corrected chi connectivity index (χ3v) is 6.13. The minimum absolute atomic E-state index is 0.240. The van der Waals surface area contributed by atoms with E-state index in [9.17, 15) is 23.2 Å². The minimum atomic E-state index is -2.74. The molecule has 0 amide bonds. The monoisotopic (exact) mass is 549 g/mol. The van der Waals surface area contributed by atoms with Gasteiger partial charge < -0.3 is 26.2 Å². The van der Waals surface area contributed by atoms with Gasteiger partial charge in [-0.25, -0.2) is 18.6 Å². The van der Waals surface area contributed by atoms with Crippen molar-refractivity contribution < 1.29 is 43.6 Å². The maximum absolute atomic E-state index is 13.4. The quantitative estimate of drug-likeness (QED) is 0.276. The van der Waals surface area contributed by atoms with Crippen LogP contribution in [0.25, 0.3) is 5.65 Å². The largest absolute Gasteiger partial charge is 0.481 e. The van der Waals surface area contributed by atoms with E-state index in [2.05, 4.69) is 10.00 Å². The number of rotatable bonds is 8. The van der Waals surface area contributed by atoms with Crippen LogP contribution in [0.15, 0.2) is 30.3 Å². The Hall–Kier alpha value is -4.17. The molecule has 1 aliphatic heterocycles. The fourth-order valence-corrected chi connectivity index (χ4v) is 4.46. The lowest BCUT2D eigenvalue weighted by Gasteiger charge is -2.32. The molecule has 6 N–H and O–H groups in total. The number of nitrogen functional groups attached to an aromatic ring is 1. The van der Waals surface area contributed by atoms with Gasteiger partial charge in [0.1, 0.15) is 17.5 Å². The van der Waals surface area contributed by atoms with E-state index in [0.717, 1.165) is 49.0 Å². The maximum Gasteiger partial charge on any atom is 0.336 e. The molecule has 0 bridgehead atoms. The Morgan fingerprint density at radius 1 is 1.05 bits per heavy atom. The van der Waals surface area contributed by atoms with Gasteiger partial charge in [0.2, 0.25) is 0 Å². The molecule has 1 aromatic carbocycles. The fraction of sp³-hybridized carbons (Fsp3) is 0.400. The van der Waals surface area contributed by atoms with Crippen LogP contribution < -0.4 is 5.73 Å². The first kappa shape index (κ1) is 29.4. The first-order valence-corrected chi connectivity index (χ1v) is 11.9. The Morgan fingerprint density at radius 2 is 1.67 bits per heavy atom. The van der Waals surface area contributed by atoms with E-state index in [4.69, 9.17) is 31.1 Å². The van der Waals surface area contributed by atoms with E-state index >= 15 is 0 Å². The SMILES string of the molecule is Cc1cc2nc(C3CCCN(Cc4cc(F)cc(F)c4)C3)cc(N)n2n1.O=C(O)CC(O)(CC(=O)O)C(=O)O. The molecule has 0 spiro atoms. The second-order valence-corrected chi connectivity index (χ2v) is 9.49. The first-order chi connectivity index (χ1) is 18.3. The highest BCUT2D eigenvalue weighted by molar-refractivity contribution is 5.88. The lowest BCUT2D eigenvalue weighted by molar-refractivity contribution is -0.170. The normalized spacial score (nSPS) is 15.9. The summed E-state index contributed by atoms with van der Waals surface area (Å²) in [7, 11) is 0. The summed E-state index contributed by atoms with van der Waals surface area (Å²) in [5.41, 5.74) is 6.62. The summed E-state index contributed by atoms with van der Waals surface area (Å²) in [6, 6.07) is 7.48. The summed E-state index contributed by atoms with van der Waals surface area (Å²) in [6.07, 6.45) is -0.263. The molecule has 1 saturated heterocycles. The molecule has 1 unspecified atom stereocenters. The lowest BCUT2D eigenvalue weighted by Crippen LogP contribution is -2.42. The Balaban J connectivity index is 0.000000276. The van der Waals surface area contributed by atoms with Gasteiger partial charge >= 0.3 is 17.9 Å². The van der Waals surface area contributed by atoms with Crippen LogP contribution in [-0.4, -0.2) is 76.5 Å². The topological polar surface area (TPSA) is 192 Å². The van der Waals surface area contributed by atoms with Crippen molar-refractivity contribution in [3.63, 3.8) is 0 Å². The molecule has 0 radical (unpaired) electrons. The van der Waals surface area contributed by atoms with Crippen molar-refractivity contribution in [3.8, 4) is 0 Å². The van der Waals surface area contributed by atoms with Gasteiger partial charge in [0.15, 0.2) is 11.2 Å². The number of fused-ring (bicyclic) bond motifs is 1. The van der Waals surface area contributed by atoms with Crippen molar-refractivity contribution in [2.75, 3.05) is 18.8 Å². The van der Waals surface area contributed by atoms with Crippen LogP contribution in [0.2, 0.25) is 0 Å². The number of nitrogens with two attached hydrogens (primary N) is 1. The van der Waals surface area contributed by atoms with Gasteiger partial charge in [0.25, 0.3) is 0 Å². The Kier molecular flexibility index (Phi) is 9.14. The number of nitrogens with zero attached hydrogens (tertiary/aromatic N) is 4. The molecule has 1 fully saturated rings. The van der Waals surface area contributed by atoms with Crippen LogP contribution in [0.4, 0.5) is 14.6 Å². The van der Waals surface area contributed by atoms with Crippen LogP contribution in [-0.2, 0) is 20.9 Å². The van der Waals surface area contributed by atoms with E-state index in [1.807, 2.05) is 19.1 Å². The highest BCUT2D eigenvalue weighted by Crippen LogP contribution is 2.28. The molecule has 0 aliphatic carbocycles. The molecular weight excluding hydrogens is 520 g/mol. The van der Waals surface area contributed by atoms with Crippen molar-refractivity contribution in [3.05, 3.63) is 58.9 Å². The standard InChI is InChI=1S/C19H21F2N5.C6H8O7/c1-12-5-19-23-17(9-18(22)26(19)24-12)14-3-2-4-25(11-14)10-13-6-15(20)8-16(21)7-13;7-3(8)1-6(13,5(11)12)2-4(9)10/h5-9,14H,2-4,10-11,22H2,1H3;13H,1-2H2,(H,7,8)(H,9,10)(H,11,12). The Morgan fingerprint density at radius 3 is 2.23 bits per heavy atom. The van der Waals surface area contributed by atoms with Crippen molar-refractivity contribution in [2.24, 2.45) is 0 Å². The fourth-order valence-electron chi connectivity index (χ4n) is 4.46. The number of aryl methyl sites for hydroxylation is 1. The number of carboxylic acid groups (broad SMARTS) is 3. The molecule has 3 heterocycles. The number of aliphatic carboxylic acids is 3. The molecule has 12 nitrogen and oxygen atoms in total. The van der Waals surface area contributed by atoms with E-state index in [1.165, 1.54) is 12.1 Å². The van der Waals surface area contributed by atoms with Gasteiger partial charge in [-0.3, -0.25) is 14.5 Å². The molecule has 39 heavy (non-hydrogen) atoms. The third kappa shape index (κ3) is 7.91. The van der Waals surface area contributed by atoms with Crippen molar-refractivity contribution in [1.29, 1.82) is 0 Å². The van der Waals surface area contributed by atoms with Crippen LogP contribution in [0.3, 0.4) is 0 Å². The van der Waals surface area contributed by atoms with Gasteiger partial charge in [0.05, 0.1) is 24.2 Å². The van der Waals surface area contributed by atoms with E-state index in [0.29, 0.717) is 17.9 Å². The molecule has 14 heteroatoms. The predicted octanol–water partition coefficient (Wildman–Crippen LogP) is 2.03. The summed E-state index contributed by atoms with van der Waals surface area (Å²) in [6.45, 7) is 4.12. The predicted molar refractivity (Wildman–Crippen MR) is 133 cm³/mol. The molecule has 1 atom stereocenters. The highest BCUT2D eigenvalue weighted by atomic mass is 19.1. The number of anilines is 1. The average Bonchev–Trinajstić information content (AvgIpc) is 3.19. The Labute approximate surface area is 221 Å². The zero-order valence-electron chi connectivity index (χ0n) is 21.0. The summed E-state index contributed by atoms with van der Waals surface area (Å²) >= 11 is 0. The minimum Gasteiger partial charge on any atom is -0.481 e. The maximum atomic E-state index is 13.4. The number of carboxylic acids is 3. The second kappa shape index (κ2) is 12.1. The number of benzene rings is 1. The Bertz CT molecular complexity index is 1340. The summed E-state index contributed by atoms with van der Waals surface area (Å²) < 4.78 is 28.5. The highest BCUT2D eigenvalue weighted by Gasteiger charge is 2.40. The van der Waals surface area contributed by atoms with Gasteiger partial charge in [-0.1, -0.05) is 0 Å². The molecule has 4 rings (SSSR count). The summed E-state index contributed by atoms with van der Waals surface area (Å²) in [5, 5.41) is 38.1. The number of likely N-dealkylation sites (tertiary alicyclic amines) is 1. The zero-order valence-corrected chi connectivity index (χ0v) is 21.0. The van der Waals surface area contributed by atoms with Crippen molar-refractivity contribution in [1.82, 2.24) is 19.5 Å². The van der Waals surface area contributed by atoms with E-state index in [1.54, 1.807) is 4.52 Å². The van der Waals surface area contributed by atoms with Crippen LogP contribution in [0.1, 0.15) is 48.6 Å². The van der Waals surface area contributed by atoms with Crippen LogP contribution in [0, 0.1) is 18.6 Å².